The van der Waals surface area contributed by atoms with Crippen molar-refractivity contribution in [1.82, 2.24) is 9.97 Å². The van der Waals surface area contributed by atoms with Gasteiger partial charge in [-0.1, -0.05) is 6.42 Å². The molecule has 4 aliphatic rings. The van der Waals surface area contributed by atoms with E-state index in [-0.39, 0.29) is 60.4 Å². The summed E-state index contributed by atoms with van der Waals surface area (Å²) in [6.07, 6.45) is 6.39. The summed E-state index contributed by atoms with van der Waals surface area (Å²) in [7, 11) is 0. The monoisotopic (exact) mass is 744 g/mol. The summed E-state index contributed by atoms with van der Waals surface area (Å²) in [6.45, 7) is 0. The van der Waals surface area contributed by atoms with Crippen LogP contribution in [0.1, 0.15) is 79.7 Å². The lowest BCUT2D eigenvalue weighted by Gasteiger charge is -2.38. The number of benzene rings is 2. The molecule has 0 N–H and O–H groups in total. The molecule has 8 rings (SSSR count). The molecule has 3 aliphatic carbocycles. The number of ketones is 2. The van der Waals surface area contributed by atoms with Gasteiger partial charge >= 0.3 is 0 Å². The number of halogens is 4. The lowest BCUT2D eigenvalue weighted by molar-refractivity contribution is 0.0168. The molecule has 1 fully saturated rings. The predicted octanol–water partition coefficient (Wildman–Crippen LogP) is 8.54. The number of ether oxygens (including phenoxy) is 1. The van der Waals surface area contributed by atoms with E-state index in [2.05, 4.69) is 4.98 Å². The molecule has 0 saturated heterocycles. The fourth-order valence-electron chi connectivity index (χ4n) is 7.18. The van der Waals surface area contributed by atoms with E-state index in [1.807, 2.05) is 0 Å². The highest BCUT2D eigenvalue weighted by Crippen LogP contribution is 2.55. The van der Waals surface area contributed by atoms with Crippen LogP contribution in [0.3, 0.4) is 0 Å². The Bertz CT molecular complexity index is 2690. The molecular weight excluding hydrogens is 729 g/mol. The number of allylic oxidation sites excluding steroid dienone is 6. The first-order chi connectivity index (χ1) is 25.5. The summed E-state index contributed by atoms with van der Waals surface area (Å²) in [5.74, 6) is -6.28. The maximum Gasteiger partial charge on any atom is 0.235 e. The average molecular weight is 745 g/mol. The standard InChI is InChI=1S/C38H16F4N6O3S2/c39-24-6-18-20(8-26(24)41)32(49)22(30(18)16(12-43)13-44)10-28-47-36-34(52-28)35-37(51-38(36)4-2-1-3-5-38)48-29(53-35)11-23-31(17(14-45)15-46)19-7-25(40)27(42)9-21(19)33(23)50/h6-11H,1-5H2/b22-10-,23-11-. The number of rotatable bonds is 2. The van der Waals surface area contributed by atoms with Gasteiger partial charge in [-0.25, -0.2) is 27.5 Å². The van der Waals surface area contributed by atoms with Crippen molar-refractivity contribution in [2.75, 3.05) is 0 Å². The number of hydrogen-bond donors (Lipinski definition) is 0. The molecule has 4 aromatic rings. The van der Waals surface area contributed by atoms with E-state index in [4.69, 9.17) is 9.72 Å². The number of carbonyl (C=O) groups excluding carboxylic acids is 2. The first-order valence-electron chi connectivity index (χ1n) is 15.8. The zero-order chi connectivity index (χ0) is 37.3. The molecule has 256 valence electrons. The molecule has 0 bridgehead atoms. The lowest BCUT2D eigenvalue weighted by Crippen LogP contribution is -2.38. The Labute approximate surface area is 305 Å². The van der Waals surface area contributed by atoms with E-state index in [0.717, 1.165) is 66.2 Å². The van der Waals surface area contributed by atoms with E-state index in [1.165, 1.54) is 12.2 Å². The summed E-state index contributed by atoms with van der Waals surface area (Å²) in [5.41, 5.74) is -2.51. The third kappa shape index (κ3) is 5.05. The minimum absolute atomic E-state index is 0.0902. The highest BCUT2D eigenvalue weighted by Gasteiger charge is 2.47. The number of carbonyl (C=O) groups is 2. The van der Waals surface area contributed by atoms with Crippen molar-refractivity contribution in [3.05, 3.63) is 108 Å². The van der Waals surface area contributed by atoms with Gasteiger partial charge in [0, 0.05) is 33.4 Å². The number of Topliss-reactive ketones (excluding diaryl/α,β-unsaturated/α-hetero) is 2. The summed E-state index contributed by atoms with van der Waals surface area (Å²) in [4.78, 5) is 37.8. The molecular formula is C38H16F4N6O3S2. The Kier molecular flexibility index (Phi) is 7.81. The van der Waals surface area contributed by atoms with Crippen molar-refractivity contribution in [3.8, 4) is 39.9 Å². The SMILES string of the molecule is N#CC(C#N)=C1/C(=C/c2nc3c(s2)-c2sc(/C=C4\C(=O)c5cc(F)c(F)cc5C4=C(C#N)C#N)nc2C2(CCCCC2)O3)C(=O)c2cc(F)c(F)cc21. The topological polar surface area (TPSA) is 164 Å². The number of hydrogen-bond acceptors (Lipinski definition) is 11. The van der Waals surface area contributed by atoms with Crippen LogP contribution in [0.5, 0.6) is 5.88 Å². The lowest BCUT2D eigenvalue weighted by atomic mass is 9.80. The second-order valence-electron chi connectivity index (χ2n) is 12.4. The van der Waals surface area contributed by atoms with Gasteiger partial charge in [-0.05, 0) is 73.2 Å². The normalized spacial score (nSPS) is 17.7. The molecule has 15 heteroatoms. The van der Waals surface area contributed by atoms with Crippen LogP contribution in [-0.2, 0) is 5.60 Å². The quantitative estimate of drug-likeness (QED) is 0.111. The van der Waals surface area contributed by atoms with Crippen LogP contribution in [0, 0.1) is 68.6 Å². The largest absolute Gasteiger partial charge is 0.463 e. The molecule has 0 atom stereocenters. The van der Waals surface area contributed by atoms with Crippen LogP contribution < -0.4 is 4.74 Å². The Balaban J connectivity index is 1.28. The Morgan fingerprint density at radius 1 is 0.660 bits per heavy atom. The maximum atomic E-state index is 14.3. The minimum Gasteiger partial charge on any atom is -0.463 e. The van der Waals surface area contributed by atoms with Gasteiger partial charge < -0.3 is 4.74 Å². The van der Waals surface area contributed by atoms with Crippen molar-refractivity contribution < 1.29 is 31.9 Å². The molecule has 9 nitrogen and oxygen atoms in total. The molecule has 2 aromatic carbocycles. The highest BCUT2D eigenvalue weighted by molar-refractivity contribution is 7.23. The Morgan fingerprint density at radius 2 is 1.09 bits per heavy atom. The zero-order valence-electron chi connectivity index (χ0n) is 26.7. The molecule has 0 radical (unpaired) electrons. The molecule has 53 heavy (non-hydrogen) atoms. The molecule has 1 saturated carbocycles. The molecule has 1 spiro atoms. The molecule has 0 amide bonds. The van der Waals surface area contributed by atoms with E-state index >= 15 is 0 Å². The second-order valence-corrected chi connectivity index (χ2v) is 14.5. The van der Waals surface area contributed by atoms with Crippen LogP contribution in [-0.4, -0.2) is 21.5 Å². The Morgan fingerprint density at radius 3 is 1.57 bits per heavy atom. The second kappa shape index (κ2) is 12.3. The first-order valence-corrected chi connectivity index (χ1v) is 17.5. The van der Waals surface area contributed by atoms with Gasteiger partial charge in [0.1, 0.15) is 56.0 Å². The van der Waals surface area contributed by atoms with Crippen LogP contribution in [0.15, 0.2) is 46.6 Å². The summed E-state index contributed by atoms with van der Waals surface area (Å²) in [6, 6.07) is 9.93. The smallest absolute Gasteiger partial charge is 0.235 e. The molecule has 0 unspecified atom stereocenters. The van der Waals surface area contributed by atoms with Gasteiger partial charge in [0.15, 0.2) is 40.4 Å². The van der Waals surface area contributed by atoms with Crippen LogP contribution in [0.25, 0.3) is 33.1 Å². The maximum absolute atomic E-state index is 14.3. The van der Waals surface area contributed by atoms with Crippen molar-refractivity contribution in [2.45, 2.75) is 37.7 Å². The van der Waals surface area contributed by atoms with Crippen LogP contribution in [0.2, 0.25) is 0 Å². The van der Waals surface area contributed by atoms with Crippen molar-refractivity contribution in [2.24, 2.45) is 0 Å². The third-order valence-electron chi connectivity index (χ3n) is 9.51. The van der Waals surface area contributed by atoms with E-state index < -0.39 is 51.6 Å². The van der Waals surface area contributed by atoms with Crippen molar-refractivity contribution in [3.63, 3.8) is 0 Å². The summed E-state index contributed by atoms with van der Waals surface area (Å²) >= 11 is 2.25. The van der Waals surface area contributed by atoms with Gasteiger partial charge in [-0.2, -0.15) is 21.0 Å². The molecule has 3 heterocycles. The number of thiazole rings is 2. The minimum atomic E-state index is -1.27. The van der Waals surface area contributed by atoms with Gasteiger partial charge in [-0.15, -0.1) is 22.7 Å². The Hall–Kier alpha value is -6.52. The molecule has 1 aliphatic heterocycles. The number of nitrogens with zero attached hydrogens (tertiary/aromatic N) is 6. The van der Waals surface area contributed by atoms with Crippen LogP contribution in [0.4, 0.5) is 17.6 Å². The summed E-state index contributed by atoms with van der Waals surface area (Å²) < 4.78 is 63.7. The fraction of sp³-hybridized carbons (Fsp3) is 0.158. The van der Waals surface area contributed by atoms with Gasteiger partial charge in [-0.3, -0.25) is 9.59 Å². The first kappa shape index (κ1) is 33.6. The molecule has 2 aromatic heterocycles. The van der Waals surface area contributed by atoms with Gasteiger partial charge in [0.05, 0.1) is 4.88 Å². The van der Waals surface area contributed by atoms with Crippen molar-refractivity contribution in [1.29, 1.82) is 21.0 Å². The predicted molar refractivity (Wildman–Crippen MR) is 182 cm³/mol. The van der Waals surface area contributed by atoms with Gasteiger partial charge in [0.25, 0.3) is 0 Å². The number of nitriles is 4. The van der Waals surface area contributed by atoms with E-state index in [9.17, 15) is 48.2 Å². The third-order valence-corrected chi connectivity index (χ3v) is 11.7. The fourth-order valence-corrected chi connectivity index (χ4v) is 9.34. The zero-order valence-corrected chi connectivity index (χ0v) is 28.4. The van der Waals surface area contributed by atoms with E-state index in [0.29, 0.717) is 28.3 Å². The van der Waals surface area contributed by atoms with Crippen molar-refractivity contribution >= 4 is 57.5 Å². The highest BCUT2D eigenvalue weighted by atomic mass is 32.1. The average Bonchev–Trinajstić information content (AvgIpc) is 3.88. The summed E-state index contributed by atoms with van der Waals surface area (Å²) in [5, 5.41) is 39.3. The van der Waals surface area contributed by atoms with Gasteiger partial charge in [0.2, 0.25) is 5.88 Å². The van der Waals surface area contributed by atoms with Crippen LogP contribution >= 0.6 is 22.7 Å². The number of aromatic nitrogens is 2. The van der Waals surface area contributed by atoms with E-state index in [1.54, 1.807) is 24.3 Å². The number of fused-ring (bicyclic) bond motifs is 6.